The Balaban J connectivity index is 1.10. The lowest BCUT2D eigenvalue weighted by Gasteiger charge is -2.39. The Morgan fingerprint density at radius 3 is 2.27 bits per heavy atom. The predicted molar refractivity (Wildman–Crippen MR) is 164 cm³/mol. The van der Waals surface area contributed by atoms with Crippen molar-refractivity contribution in [2.75, 3.05) is 46.4 Å². The fraction of sp³-hybridized carbons (Fsp3) is 0.412. The highest BCUT2D eigenvalue weighted by Crippen LogP contribution is 2.43. The van der Waals surface area contributed by atoms with Crippen molar-refractivity contribution in [2.24, 2.45) is 11.3 Å². The van der Waals surface area contributed by atoms with Gasteiger partial charge in [-0.1, -0.05) is 58.4 Å². The minimum atomic E-state index is -0.212. The molecular weight excluding hydrogens is 578 g/mol. The lowest BCUT2D eigenvalue weighted by molar-refractivity contribution is -0.139. The van der Waals surface area contributed by atoms with Crippen LogP contribution in [0.25, 0.3) is 0 Å². The molecule has 0 aliphatic carbocycles. The van der Waals surface area contributed by atoms with Gasteiger partial charge in [0.15, 0.2) is 0 Å². The molecule has 41 heavy (non-hydrogen) atoms. The topological polar surface area (TPSA) is 53.1 Å². The molecule has 0 radical (unpaired) electrons. The highest BCUT2D eigenvalue weighted by Gasteiger charge is 2.48. The third-order valence-corrected chi connectivity index (χ3v) is 10.0. The van der Waals surface area contributed by atoms with Gasteiger partial charge in [-0.25, -0.2) is 0 Å². The molecular formula is C34H38BrN3O3. The zero-order valence-corrected chi connectivity index (χ0v) is 25.3. The number of carbonyl (C=O) groups is 2. The summed E-state index contributed by atoms with van der Waals surface area (Å²) >= 11 is 3.50. The van der Waals surface area contributed by atoms with Crippen LogP contribution >= 0.6 is 15.9 Å². The molecule has 3 aliphatic heterocycles. The van der Waals surface area contributed by atoms with Gasteiger partial charge in [-0.15, -0.1) is 0 Å². The highest BCUT2D eigenvalue weighted by molar-refractivity contribution is 9.10. The van der Waals surface area contributed by atoms with E-state index in [2.05, 4.69) is 68.2 Å². The summed E-state index contributed by atoms with van der Waals surface area (Å²) in [5.74, 6) is 1.81. The number of benzene rings is 3. The summed E-state index contributed by atoms with van der Waals surface area (Å²) in [5.41, 5.74) is 2.96. The first-order chi connectivity index (χ1) is 19.9. The Morgan fingerprint density at radius 2 is 1.59 bits per heavy atom. The fourth-order valence-electron chi connectivity index (χ4n) is 7.03. The molecule has 3 heterocycles. The quantitative estimate of drug-likeness (QED) is 0.336. The second-order valence-corrected chi connectivity index (χ2v) is 12.8. The minimum Gasteiger partial charge on any atom is -0.497 e. The van der Waals surface area contributed by atoms with Crippen molar-refractivity contribution in [3.63, 3.8) is 0 Å². The molecule has 1 spiro atoms. The number of rotatable bonds is 7. The number of hydrogen-bond acceptors (Lipinski definition) is 4. The fourth-order valence-corrected chi connectivity index (χ4v) is 7.29. The first-order valence-corrected chi connectivity index (χ1v) is 15.5. The van der Waals surface area contributed by atoms with Crippen LogP contribution < -0.4 is 4.74 Å². The minimum absolute atomic E-state index is 0.0797. The van der Waals surface area contributed by atoms with Crippen LogP contribution in [-0.4, -0.2) is 72.9 Å². The molecule has 0 bridgehead atoms. The second kappa shape index (κ2) is 12.0. The molecule has 3 saturated heterocycles. The van der Waals surface area contributed by atoms with Crippen LogP contribution in [0.1, 0.15) is 46.7 Å². The van der Waals surface area contributed by atoms with E-state index in [0.29, 0.717) is 29.9 Å². The molecule has 2 atom stereocenters. The molecule has 0 saturated carbocycles. The molecule has 3 fully saturated rings. The average molecular weight is 617 g/mol. The van der Waals surface area contributed by atoms with Crippen LogP contribution in [0.3, 0.4) is 0 Å². The first-order valence-electron chi connectivity index (χ1n) is 14.7. The molecule has 6 nitrogen and oxygen atoms in total. The van der Waals surface area contributed by atoms with Crippen molar-refractivity contribution in [3.8, 4) is 5.75 Å². The number of ether oxygens (including phenoxy) is 1. The third-order valence-electron chi connectivity index (χ3n) is 9.49. The summed E-state index contributed by atoms with van der Waals surface area (Å²) in [6, 6.07) is 26.3. The van der Waals surface area contributed by atoms with E-state index in [1.165, 1.54) is 11.1 Å². The molecule has 3 aliphatic rings. The van der Waals surface area contributed by atoms with Crippen LogP contribution in [0.4, 0.5) is 0 Å². The lowest BCUT2D eigenvalue weighted by Crippen LogP contribution is -2.46. The maximum absolute atomic E-state index is 13.6. The standard InChI is InChI=1S/C34H38BrN3O3/c1-41-30-13-9-27(10-14-30)32(39)38-23-28(31(24-38)26-5-3-2-4-6-26)22-36-18-15-34(16-19-36)17-20-37(33(34)40)21-25-7-11-29(35)12-8-25/h2-14,28,31H,15-24H2,1H3. The van der Waals surface area contributed by atoms with Crippen LogP contribution in [0.2, 0.25) is 0 Å². The van der Waals surface area contributed by atoms with Crippen molar-refractivity contribution in [3.05, 3.63) is 100 Å². The van der Waals surface area contributed by atoms with E-state index >= 15 is 0 Å². The van der Waals surface area contributed by atoms with Gasteiger partial charge in [0, 0.05) is 48.7 Å². The summed E-state index contributed by atoms with van der Waals surface area (Å²) in [5, 5.41) is 0. The lowest BCUT2D eigenvalue weighted by atomic mass is 9.76. The zero-order valence-electron chi connectivity index (χ0n) is 23.7. The van der Waals surface area contributed by atoms with E-state index in [1.54, 1.807) is 7.11 Å². The summed E-state index contributed by atoms with van der Waals surface area (Å²) < 4.78 is 6.33. The molecule has 214 valence electrons. The van der Waals surface area contributed by atoms with Gasteiger partial charge in [0.25, 0.3) is 5.91 Å². The molecule has 0 N–H and O–H groups in total. The number of halogens is 1. The largest absolute Gasteiger partial charge is 0.497 e. The van der Waals surface area contributed by atoms with Crippen molar-refractivity contribution < 1.29 is 14.3 Å². The number of methoxy groups -OCH3 is 1. The Kier molecular flexibility index (Phi) is 8.18. The summed E-state index contributed by atoms with van der Waals surface area (Å²) in [6.07, 6.45) is 2.79. The van der Waals surface area contributed by atoms with E-state index < -0.39 is 0 Å². The predicted octanol–water partition coefficient (Wildman–Crippen LogP) is 5.83. The van der Waals surface area contributed by atoms with Crippen LogP contribution in [0.5, 0.6) is 5.75 Å². The van der Waals surface area contributed by atoms with Crippen LogP contribution in [0.15, 0.2) is 83.3 Å². The molecule has 0 aromatic heterocycles. The van der Waals surface area contributed by atoms with Gasteiger partial charge in [0.05, 0.1) is 12.5 Å². The molecule has 2 amide bonds. The van der Waals surface area contributed by atoms with Gasteiger partial charge in [0.1, 0.15) is 5.75 Å². The Morgan fingerprint density at radius 1 is 0.902 bits per heavy atom. The highest BCUT2D eigenvalue weighted by atomic mass is 79.9. The molecule has 2 unspecified atom stereocenters. The van der Waals surface area contributed by atoms with E-state index in [-0.39, 0.29) is 11.3 Å². The number of piperidine rings is 1. The summed E-state index contributed by atoms with van der Waals surface area (Å²) in [7, 11) is 1.64. The first kappa shape index (κ1) is 28.0. The van der Waals surface area contributed by atoms with Gasteiger partial charge in [-0.05, 0) is 85.8 Å². The maximum atomic E-state index is 13.6. The van der Waals surface area contributed by atoms with Gasteiger partial charge in [-0.2, -0.15) is 0 Å². The van der Waals surface area contributed by atoms with Crippen LogP contribution in [0, 0.1) is 11.3 Å². The van der Waals surface area contributed by atoms with Gasteiger partial charge in [0.2, 0.25) is 5.91 Å². The third kappa shape index (κ3) is 5.93. The van der Waals surface area contributed by atoms with Crippen molar-refractivity contribution in [1.82, 2.24) is 14.7 Å². The summed E-state index contributed by atoms with van der Waals surface area (Å²) in [4.78, 5) is 33.7. The van der Waals surface area contributed by atoms with Crippen LogP contribution in [-0.2, 0) is 11.3 Å². The monoisotopic (exact) mass is 615 g/mol. The molecule has 3 aromatic rings. The maximum Gasteiger partial charge on any atom is 0.253 e. The van der Waals surface area contributed by atoms with Crippen molar-refractivity contribution >= 4 is 27.7 Å². The van der Waals surface area contributed by atoms with Gasteiger partial charge in [-0.3, -0.25) is 9.59 Å². The smallest absolute Gasteiger partial charge is 0.253 e. The van der Waals surface area contributed by atoms with E-state index in [9.17, 15) is 9.59 Å². The van der Waals surface area contributed by atoms with E-state index in [0.717, 1.165) is 68.8 Å². The zero-order chi connectivity index (χ0) is 28.4. The van der Waals surface area contributed by atoms with E-state index in [1.807, 2.05) is 41.3 Å². The number of carbonyl (C=O) groups excluding carboxylic acids is 2. The SMILES string of the molecule is COc1ccc(C(=O)N2CC(CN3CCC4(CC3)CCN(Cc3ccc(Br)cc3)C4=O)C(c3ccccc3)C2)cc1. The number of hydrogen-bond donors (Lipinski definition) is 0. The molecule has 6 rings (SSSR count). The Bertz CT molecular complexity index is 1350. The van der Waals surface area contributed by atoms with Gasteiger partial charge < -0.3 is 19.4 Å². The summed E-state index contributed by atoms with van der Waals surface area (Å²) in [6.45, 7) is 5.81. The number of likely N-dealkylation sites (tertiary alicyclic amines) is 3. The molecule has 3 aromatic carbocycles. The van der Waals surface area contributed by atoms with Crippen molar-refractivity contribution in [1.29, 1.82) is 0 Å². The normalized spacial score (nSPS) is 22.4. The Labute approximate surface area is 251 Å². The molecule has 7 heteroatoms. The number of nitrogens with zero attached hydrogens (tertiary/aromatic N) is 3. The van der Waals surface area contributed by atoms with Crippen molar-refractivity contribution in [2.45, 2.75) is 31.7 Å². The van der Waals surface area contributed by atoms with E-state index in [4.69, 9.17) is 4.74 Å². The van der Waals surface area contributed by atoms with Gasteiger partial charge >= 0.3 is 0 Å². The number of amides is 2. The second-order valence-electron chi connectivity index (χ2n) is 11.9. The average Bonchev–Trinajstić information content (AvgIpc) is 3.56. The Hall–Kier alpha value is -3.16.